The molecule has 2 unspecified atom stereocenters. The normalized spacial score (nSPS) is 34.1. The van der Waals surface area contributed by atoms with Gasteiger partial charge in [0.05, 0.1) is 19.3 Å². The predicted molar refractivity (Wildman–Crippen MR) is 61.2 cm³/mol. The zero-order valence-electron chi connectivity index (χ0n) is 10.1. The standard InChI is InChI=1S/C12H23NO3/c1-10-3-5-13(9-11(10)14)6-4-12-15-7-2-8-16-12/h10-12,14H,2-9H2,1H3. The third kappa shape index (κ3) is 3.42. The van der Waals surface area contributed by atoms with E-state index in [1.165, 1.54) is 0 Å². The van der Waals surface area contributed by atoms with Crippen molar-refractivity contribution in [3.63, 3.8) is 0 Å². The topological polar surface area (TPSA) is 41.9 Å². The van der Waals surface area contributed by atoms with E-state index in [-0.39, 0.29) is 12.4 Å². The number of hydrogen-bond donors (Lipinski definition) is 1. The second-order valence-electron chi connectivity index (χ2n) is 4.95. The quantitative estimate of drug-likeness (QED) is 0.779. The lowest BCUT2D eigenvalue weighted by Gasteiger charge is -2.35. The van der Waals surface area contributed by atoms with Crippen molar-refractivity contribution >= 4 is 0 Å². The van der Waals surface area contributed by atoms with Crippen molar-refractivity contribution in [1.29, 1.82) is 0 Å². The Bertz CT molecular complexity index is 206. The molecule has 2 aliphatic heterocycles. The van der Waals surface area contributed by atoms with Crippen molar-refractivity contribution in [2.75, 3.05) is 32.8 Å². The molecule has 0 spiro atoms. The zero-order valence-corrected chi connectivity index (χ0v) is 10.1. The van der Waals surface area contributed by atoms with E-state index in [0.29, 0.717) is 5.92 Å². The monoisotopic (exact) mass is 229 g/mol. The highest BCUT2D eigenvalue weighted by molar-refractivity contribution is 4.77. The Kier molecular flexibility index (Phi) is 4.58. The lowest BCUT2D eigenvalue weighted by atomic mass is 9.96. The molecular weight excluding hydrogens is 206 g/mol. The van der Waals surface area contributed by atoms with Gasteiger partial charge in [-0.1, -0.05) is 6.92 Å². The first-order chi connectivity index (χ1) is 7.75. The third-order valence-corrected chi connectivity index (χ3v) is 3.58. The summed E-state index contributed by atoms with van der Waals surface area (Å²) in [6.45, 7) is 6.62. The first-order valence-electron chi connectivity index (χ1n) is 6.39. The lowest BCUT2D eigenvalue weighted by molar-refractivity contribution is -0.183. The molecule has 2 heterocycles. The summed E-state index contributed by atoms with van der Waals surface area (Å²) in [4.78, 5) is 2.31. The van der Waals surface area contributed by atoms with E-state index in [1.807, 2.05) is 0 Å². The Hall–Kier alpha value is -0.160. The Morgan fingerprint density at radius 1 is 1.31 bits per heavy atom. The summed E-state index contributed by atoms with van der Waals surface area (Å²) in [5.74, 6) is 0.443. The number of nitrogens with zero attached hydrogens (tertiary/aromatic N) is 1. The maximum Gasteiger partial charge on any atom is 0.158 e. The number of likely N-dealkylation sites (tertiary alicyclic amines) is 1. The van der Waals surface area contributed by atoms with Crippen molar-refractivity contribution in [3.8, 4) is 0 Å². The molecule has 0 aromatic carbocycles. The number of ether oxygens (including phenoxy) is 2. The van der Waals surface area contributed by atoms with Gasteiger partial charge in [0.25, 0.3) is 0 Å². The molecule has 0 amide bonds. The van der Waals surface area contributed by atoms with E-state index in [1.54, 1.807) is 0 Å². The average molecular weight is 229 g/mol. The third-order valence-electron chi connectivity index (χ3n) is 3.58. The Balaban J connectivity index is 1.65. The van der Waals surface area contributed by atoms with Gasteiger partial charge in [-0.15, -0.1) is 0 Å². The Morgan fingerprint density at radius 3 is 2.75 bits per heavy atom. The van der Waals surface area contributed by atoms with Crippen LogP contribution in [0.5, 0.6) is 0 Å². The van der Waals surface area contributed by atoms with Crippen LogP contribution in [0.1, 0.15) is 26.2 Å². The number of aliphatic hydroxyl groups excluding tert-OH is 1. The van der Waals surface area contributed by atoms with Crippen molar-refractivity contribution in [3.05, 3.63) is 0 Å². The molecule has 2 saturated heterocycles. The van der Waals surface area contributed by atoms with E-state index in [0.717, 1.165) is 52.1 Å². The molecule has 2 aliphatic rings. The van der Waals surface area contributed by atoms with Crippen molar-refractivity contribution in [2.45, 2.75) is 38.6 Å². The molecule has 0 aromatic rings. The van der Waals surface area contributed by atoms with Crippen LogP contribution in [-0.2, 0) is 9.47 Å². The van der Waals surface area contributed by atoms with Gasteiger partial charge in [0.1, 0.15) is 0 Å². The summed E-state index contributed by atoms with van der Waals surface area (Å²) in [6, 6.07) is 0. The molecule has 2 rings (SSSR count). The van der Waals surface area contributed by atoms with Gasteiger partial charge < -0.3 is 19.5 Å². The smallest absolute Gasteiger partial charge is 0.158 e. The predicted octanol–water partition coefficient (Wildman–Crippen LogP) is 0.842. The van der Waals surface area contributed by atoms with Crippen LogP contribution < -0.4 is 0 Å². The highest BCUT2D eigenvalue weighted by Gasteiger charge is 2.25. The minimum Gasteiger partial charge on any atom is -0.392 e. The zero-order chi connectivity index (χ0) is 11.4. The highest BCUT2D eigenvalue weighted by Crippen LogP contribution is 2.18. The first-order valence-corrected chi connectivity index (χ1v) is 6.39. The number of aliphatic hydroxyl groups is 1. The fraction of sp³-hybridized carbons (Fsp3) is 1.00. The van der Waals surface area contributed by atoms with Crippen LogP contribution in [0.2, 0.25) is 0 Å². The van der Waals surface area contributed by atoms with Gasteiger partial charge in [-0.2, -0.15) is 0 Å². The van der Waals surface area contributed by atoms with Gasteiger partial charge in [0, 0.05) is 19.5 Å². The minimum atomic E-state index is -0.165. The van der Waals surface area contributed by atoms with Crippen LogP contribution in [0, 0.1) is 5.92 Å². The molecule has 4 heteroatoms. The van der Waals surface area contributed by atoms with Crippen LogP contribution in [0.25, 0.3) is 0 Å². The fourth-order valence-corrected chi connectivity index (χ4v) is 2.31. The van der Waals surface area contributed by atoms with Crippen molar-refractivity contribution in [1.82, 2.24) is 4.90 Å². The molecular formula is C12H23NO3. The number of β-amino-alcohol motifs (C(OH)–C–C–N with tert-alkyl or cyclic N) is 1. The molecule has 0 aliphatic carbocycles. The minimum absolute atomic E-state index is 0.0229. The second kappa shape index (κ2) is 5.96. The fourth-order valence-electron chi connectivity index (χ4n) is 2.31. The SMILES string of the molecule is CC1CCN(CCC2OCCCO2)CC1O. The molecule has 0 radical (unpaired) electrons. The summed E-state index contributed by atoms with van der Waals surface area (Å²) in [5.41, 5.74) is 0. The molecule has 2 fully saturated rings. The van der Waals surface area contributed by atoms with Gasteiger partial charge in [-0.25, -0.2) is 0 Å². The number of rotatable bonds is 3. The van der Waals surface area contributed by atoms with Crippen molar-refractivity contribution < 1.29 is 14.6 Å². The molecule has 16 heavy (non-hydrogen) atoms. The maximum atomic E-state index is 9.78. The summed E-state index contributed by atoms with van der Waals surface area (Å²) in [7, 11) is 0. The van der Waals surface area contributed by atoms with Crippen LogP contribution in [0.3, 0.4) is 0 Å². The maximum absolute atomic E-state index is 9.78. The largest absolute Gasteiger partial charge is 0.392 e. The summed E-state index contributed by atoms with van der Waals surface area (Å²) >= 11 is 0. The van der Waals surface area contributed by atoms with E-state index < -0.39 is 0 Å². The first kappa shape index (κ1) is 12.3. The summed E-state index contributed by atoms with van der Waals surface area (Å²) in [5, 5.41) is 9.78. The summed E-state index contributed by atoms with van der Waals surface area (Å²) in [6.07, 6.45) is 2.83. The number of piperidine rings is 1. The molecule has 94 valence electrons. The van der Waals surface area contributed by atoms with Crippen LogP contribution >= 0.6 is 0 Å². The number of hydrogen-bond acceptors (Lipinski definition) is 4. The van der Waals surface area contributed by atoms with Gasteiger partial charge in [-0.05, 0) is 25.3 Å². The molecule has 2 atom stereocenters. The molecule has 0 saturated carbocycles. The van der Waals surface area contributed by atoms with Gasteiger partial charge >= 0.3 is 0 Å². The van der Waals surface area contributed by atoms with Crippen LogP contribution in [0.4, 0.5) is 0 Å². The summed E-state index contributed by atoms with van der Waals surface area (Å²) < 4.78 is 11.0. The second-order valence-corrected chi connectivity index (χ2v) is 4.95. The lowest BCUT2D eigenvalue weighted by Crippen LogP contribution is -2.44. The highest BCUT2D eigenvalue weighted by atomic mass is 16.7. The average Bonchev–Trinajstić information content (AvgIpc) is 2.32. The van der Waals surface area contributed by atoms with Gasteiger partial charge in [0.15, 0.2) is 6.29 Å². The van der Waals surface area contributed by atoms with Gasteiger partial charge in [-0.3, -0.25) is 0 Å². The van der Waals surface area contributed by atoms with E-state index in [4.69, 9.17) is 9.47 Å². The molecule has 4 nitrogen and oxygen atoms in total. The van der Waals surface area contributed by atoms with Gasteiger partial charge in [0.2, 0.25) is 0 Å². The van der Waals surface area contributed by atoms with E-state index in [2.05, 4.69) is 11.8 Å². The van der Waals surface area contributed by atoms with Crippen molar-refractivity contribution in [2.24, 2.45) is 5.92 Å². The Morgan fingerprint density at radius 2 is 2.06 bits per heavy atom. The molecule has 1 N–H and O–H groups in total. The van der Waals surface area contributed by atoms with E-state index >= 15 is 0 Å². The molecule has 0 bridgehead atoms. The Labute approximate surface area is 97.5 Å². The van der Waals surface area contributed by atoms with Crippen LogP contribution in [0.15, 0.2) is 0 Å². The molecule has 0 aromatic heterocycles. The van der Waals surface area contributed by atoms with E-state index in [9.17, 15) is 5.11 Å². The van der Waals surface area contributed by atoms with Crippen LogP contribution in [-0.4, -0.2) is 55.2 Å².